The van der Waals surface area contributed by atoms with Crippen molar-refractivity contribution in [1.29, 1.82) is 0 Å². The van der Waals surface area contributed by atoms with Gasteiger partial charge in [-0.3, -0.25) is 9.00 Å². The molecule has 1 amide bonds. The van der Waals surface area contributed by atoms with Crippen LogP contribution in [0.1, 0.15) is 29.3 Å². The summed E-state index contributed by atoms with van der Waals surface area (Å²) in [7, 11) is -0.864. The molecule has 0 aliphatic carbocycles. The number of thiocarbonyl (C=S) groups is 1. The molecule has 0 aliphatic rings. The van der Waals surface area contributed by atoms with E-state index in [1.165, 1.54) is 0 Å². The van der Waals surface area contributed by atoms with Crippen LogP contribution >= 0.6 is 12.2 Å². The lowest BCUT2D eigenvalue weighted by atomic mass is 10.1. The van der Waals surface area contributed by atoms with Crippen molar-refractivity contribution in [2.24, 2.45) is 5.73 Å². The number of benzene rings is 1. The van der Waals surface area contributed by atoms with Gasteiger partial charge in [0.15, 0.2) is 0 Å². The molecule has 0 fully saturated rings. The van der Waals surface area contributed by atoms with Crippen LogP contribution in [0, 0.1) is 0 Å². The number of hydrogen-bond donors (Lipinski definition) is 2. The van der Waals surface area contributed by atoms with E-state index in [9.17, 15) is 9.00 Å². The van der Waals surface area contributed by atoms with Crippen LogP contribution in [0.25, 0.3) is 0 Å². The number of carbonyl (C=O) groups excluding carboxylic acids is 1. The second kappa shape index (κ2) is 7.35. The van der Waals surface area contributed by atoms with E-state index in [4.69, 9.17) is 18.0 Å². The first-order valence-corrected chi connectivity index (χ1v) is 7.95. The van der Waals surface area contributed by atoms with Crippen molar-refractivity contribution in [2.45, 2.75) is 18.6 Å². The largest absolute Gasteiger partial charge is 0.389 e. The summed E-state index contributed by atoms with van der Waals surface area (Å²) in [5, 5.41) is 2.87. The van der Waals surface area contributed by atoms with Crippen molar-refractivity contribution >= 4 is 33.9 Å². The molecule has 2 unspecified atom stereocenters. The molecule has 0 radical (unpaired) electrons. The second-order valence-corrected chi connectivity index (χ2v) is 6.54. The van der Waals surface area contributed by atoms with Crippen molar-refractivity contribution in [1.82, 2.24) is 5.32 Å². The highest BCUT2D eigenvalue weighted by Crippen LogP contribution is 2.05. The maximum atomic E-state index is 11.9. The SMILES string of the molecule is CC(CCNC(=O)c1cccc(C(N)=S)c1)S(C)=O. The highest BCUT2D eigenvalue weighted by molar-refractivity contribution is 7.84. The van der Waals surface area contributed by atoms with Crippen LogP contribution in [0.3, 0.4) is 0 Å². The monoisotopic (exact) mass is 298 g/mol. The predicted molar refractivity (Wildman–Crippen MR) is 82.8 cm³/mol. The van der Waals surface area contributed by atoms with Crippen molar-refractivity contribution in [2.75, 3.05) is 12.8 Å². The molecule has 0 saturated heterocycles. The Morgan fingerprint density at radius 2 is 2.11 bits per heavy atom. The molecule has 19 heavy (non-hydrogen) atoms. The molecule has 6 heteroatoms. The second-order valence-electron chi connectivity index (χ2n) is 4.30. The maximum absolute atomic E-state index is 11.9. The highest BCUT2D eigenvalue weighted by Gasteiger charge is 2.09. The Bertz CT molecular complexity index is 503. The average Bonchev–Trinajstić information content (AvgIpc) is 2.38. The van der Waals surface area contributed by atoms with Gasteiger partial charge in [0, 0.05) is 40.0 Å². The molecule has 1 aromatic rings. The van der Waals surface area contributed by atoms with Crippen molar-refractivity contribution in [3.63, 3.8) is 0 Å². The van der Waals surface area contributed by atoms with E-state index >= 15 is 0 Å². The third kappa shape index (κ3) is 5.08. The molecule has 1 rings (SSSR count). The third-order valence-electron chi connectivity index (χ3n) is 2.81. The van der Waals surface area contributed by atoms with Crippen molar-refractivity contribution in [3.8, 4) is 0 Å². The van der Waals surface area contributed by atoms with E-state index in [-0.39, 0.29) is 16.1 Å². The Balaban J connectivity index is 2.56. The normalized spacial score (nSPS) is 13.6. The van der Waals surface area contributed by atoms with Gasteiger partial charge in [-0.1, -0.05) is 31.3 Å². The van der Waals surface area contributed by atoms with Gasteiger partial charge in [0.2, 0.25) is 0 Å². The lowest BCUT2D eigenvalue weighted by Gasteiger charge is -2.09. The molecule has 3 N–H and O–H groups in total. The lowest BCUT2D eigenvalue weighted by Crippen LogP contribution is -2.27. The van der Waals surface area contributed by atoms with Crippen LogP contribution in [0.15, 0.2) is 24.3 Å². The molecule has 0 spiro atoms. The van der Waals surface area contributed by atoms with Gasteiger partial charge >= 0.3 is 0 Å². The van der Waals surface area contributed by atoms with E-state index in [0.29, 0.717) is 24.1 Å². The zero-order valence-corrected chi connectivity index (χ0v) is 12.6. The number of carbonyl (C=O) groups is 1. The van der Waals surface area contributed by atoms with Gasteiger partial charge < -0.3 is 11.1 Å². The standard InChI is InChI=1S/C13H18N2O2S2/c1-9(19(2)17)6-7-15-13(16)11-5-3-4-10(8-11)12(14)18/h3-5,8-9H,6-7H2,1-2H3,(H2,14,18)(H,15,16). The van der Waals surface area contributed by atoms with Crippen LogP contribution in [-0.2, 0) is 10.8 Å². The molecule has 0 bridgehead atoms. The fourth-order valence-electron chi connectivity index (χ4n) is 1.47. The van der Waals surface area contributed by atoms with Crippen LogP contribution in [0.5, 0.6) is 0 Å². The topological polar surface area (TPSA) is 72.2 Å². The zero-order valence-electron chi connectivity index (χ0n) is 11.0. The highest BCUT2D eigenvalue weighted by atomic mass is 32.2. The Labute approximate surface area is 121 Å². The smallest absolute Gasteiger partial charge is 0.251 e. The number of nitrogens with two attached hydrogens (primary N) is 1. The van der Waals surface area contributed by atoms with Gasteiger partial charge in [0.1, 0.15) is 4.99 Å². The predicted octanol–water partition coefficient (Wildman–Crippen LogP) is 1.21. The van der Waals surface area contributed by atoms with Gasteiger partial charge in [-0.05, 0) is 18.6 Å². The number of rotatable bonds is 6. The van der Waals surface area contributed by atoms with Gasteiger partial charge in [-0.25, -0.2) is 0 Å². The molecule has 1 aromatic carbocycles. The summed E-state index contributed by atoms with van der Waals surface area (Å²) in [5.74, 6) is -0.174. The van der Waals surface area contributed by atoms with Crippen LogP contribution in [0.2, 0.25) is 0 Å². The van der Waals surface area contributed by atoms with E-state index in [1.54, 1.807) is 30.5 Å². The van der Waals surface area contributed by atoms with Gasteiger partial charge in [-0.2, -0.15) is 0 Å². The maximum Gasteiger partial charge on any atom is 0.251 e. The Morgan fingerprint density at radius 1 is 1.47 bits per heavy atom. The van der Waals surface area contributed by atoms with E-state index in [0.717, 1.165) is 0 Å². The first kappa shape index (κ1) is 15.8. The van der Waals surface area contributed by atoms with Gasteiger partial charge in [0.25, 0.3) is 5.91 Å². The molecule has 0 aromatic heterocycles. The number of nitrogens with one attached hydrogen (secondary N) is 1. The van der Waals surface area contributed by atoms with Gasteiger partial charge in [-0.15, -0.1) is 0 Å². The quantitative estimate of drug-likeness (QED) is 0.774. The summed E-state index contributed by atoms with van der Waals surface area (Å²) in [6, 6.07) is 6.88. The summed E-state index contributed by atoms with van der Waals surface area (Å²) in [5.41, 5.74) is 6.72. The summed E-state index contributed by atoms with van der Waals surface area (Å²) < 4.78 is 11.2. The molecular weight excluding hydrogens is 280 g/mol. The average molecular weight is 298 g/mol. The van der Waals surface area contributed by atoms with Crippen molar-refractivity contribution in [3.05, 3.63) is 35.4 Å². The summed E-state index contributed by atoms with van der Waals surface area (Å²) in [4.78, 5) is 12.2. The fourth-order valence-corrected chi connectivity index (χ4v) is 2.05. The molecule has 4 nitrogen and oxygen atoms in total. The molecule has 0 heterocycles. The molecule has 2 atom stereocenters. The minimum atomic E-state index is -0.864. The van der Waals surface area contributed by atoms with Crippen LogP contribution < -0.4 is 11.1 Å². The summed E-state index contributed by atoms with van der Waals surface area (Å²) in [6.45, 7) is 2.40. The Hall–Kier alpha value is -1.27. The third-order valence-corrected chi connectivity index (χ3v) is 4.42. The first-order chi connectivity index (χ1) is 8.91. The Kier molecular flexibility index (Phi) is 6.11. The van der Waals surface area contributed by atoms with E-state index in [1.807, 2.05) is 6.92 Å². The molecule has 104 valence electrons. The van der Waals surface area contributed by atoms with Crippen LogP contribution in [0.4, 0.5) is 0 Å². The van der Waals surface area contributed by atoms with Crippen LogP contribution in [-0.4, -0.2) is 33.2 Å². The van der Waals surface area contributed by atoms with Gasteiger partial charge in [0.05, 0.1) is 0 Å². The molecule has 0 saturated carbocycles. The van der Waals surface area contributed by atoms with Crippen molar-refractivity contribution < 1.29 is 9.00 Å². The minimum Gasteiger partial charge on any atom is -0.389 e. The molecular formula is C13H18N2O2S2. The molecule has 0 aliphatic heterocycles. The lowest BCUT2D eigenvalue weighted by molar-refractivity contribution is 0.0953. The summed E-state index contributed by atoms with van der Waals surface area (Å²) in [6.07, 6.45) is 2.35. The first-order valence-electron chi connectivity index (χ1n) is 5.92. The summed E-state index contributed by atoms with van der Waals surface area (Å²) >= 11 is 4.87. The van der Waals surface area contributed by atoms with E-state index in [2.05, 4.69) is 5.32 Å². The number of hydrogen-bond acceptors (Lipinski definition) is 3. The Morgan fingerprint density at radius 3 is 2.68 bits per heavy atom. The van der Waals surface area contributed by atoms with E-state index < -0.39 is 10.8 Å². The fraction of sp³-hybridized carbons (Fsp3) is 0.385. The minimum absolute atomic E-state index is 0.0725. The zero-order chi connectivity index (χ0) is 14.4. The number of amides is 1.